The molecule has 0 saturated heterocycles. The number of aldehydes is 1. The maximum Gasteiger partial charge on any atom is 0.258 e. The van der Waals surface area contributed by atoms with Gasteiger partial charge in [0.25, 0.3) is 5.91 Å². The van der Waals surface area contributed by atoms with Crippen LogP contribution in [0.3, 0.4) is 0 Å². The molecule has 22 heavy (non-hydrogen) atoms. The number of hydrogen-bond donors (Lipinski definition) is 1. The second kappa shape index (κ2) is 7.82. The highest BCUT2D eigenvalue weighted by Crippen LogP contribution is 2.27. The zero-order valence-electron chi connectivity index (χ0n) is 13.1. The summed E-state index contributed by atoms with van der Waals surface area (Å²) >= 11 is 0. The molecule has 1 fully saturated rings. The molecular weight excluding hydrogens is 282 g/mol. The Labute approximate surface area is 131 Å². The predicted octanol–water partition coefficient (Wildman–Crippen LogP) is 2.58. The molecule has 0 bridgehead atoms. The number of benzene rings is 1. The molecule has 0 spiro atoms. The Morgan fingerprint density at radius 1 is 1.32 bits per heavy atom. The van der Waals surface area contributed by atoms with Crippen LogP contribution in [0.1, 0.15) is 43.0 Å². The van der Waals surface area contributed by atoms with E-state index in [0.29, 0.717) is 23.0 Å². The molecule has 5 heteroatoms. The van der Waals surface area contributed by atoms with Gasteiger partial charge in [0.2, 0.25) is 0 Å². The number of ether oxygens (including phenoxy) is 2. The van der Waals surface area contributed by atoms with Gasteiger partial charge in [-0.25, -0.2) is 0 Å². The molecule has 0 unspecified atom stereocenters. The van der Waals surface area contributed by atoms with Crippen molar-refractivity contribution < 1.29 is 19.1 Å². The van der Waals surface area contributed by atoms with Gasteiger partial charge < -0.3 is 14.8 Å². The lowest BCUT2D eigenvalue weighted by atomic mass is 9.86. The number of amides is 1. The SMILES string of the molecule is COc1cc(C=O)ccc1OCC(=O)N[C@@H]1CCCC[C@@H]1C. The average Bonchev–Trinajstić information content (AvgIpc) is 2.55. The summed E-state index contributed by atoms with van der Waals surface area (Å²) in [6.07, 6.45) is 5.34. The molecule has 0 heterocycles. The first kappa shape index (κ1) is 16.3. The molecule has 5 nitrogen and oxygen atoms in total. The molecule has 1 amide bonds. The zero-order chi connectivity index (χ0) is 15.9. The van der Waals surface area contributed by atoms with Crippen LogP contribution < -0.4 is 14.8 Å². The van der Waals surface area contributed by atoms with E-state index in [-0.39, 0.29) is 18.6 Å². The minimum Gasteiger partial charge on any atom is -0.493 e. The van der Waals surface area contributed by atoms with Gasteiger partial charge in [0, 0.05) is 11.6 Å². The van der Waals surface area contributed by atoms with Crippen LogP contribution in [0, 0.1) is 5.92 Å². The first-order valence-corrected chi connectivity index (χ1v) is 7.69. The van der Waals surface area contributed by atoms with Crippen LogP contribution >= 0.6 is 0 Å². The Balaban J connectivity index is 1.89. The summed E-state index contributed by atoms with van der Waals surface area (Å²) in [5.41, 5.74) is 0.504. The predicted molar refractivity (Wildman–Crippen MR) is 83.4 cm³/mol. The Hall–Kier alpha value is -2.04. The van der Waals surface area contributed by atoms with Gasteiger partial charge in [-0.05, 0) is 37.0 Å². The number of carbonyl (C=O) groups is 2. The number of nitrogens with one attached hydrogen (secondary N) is 1. The lowest BCUT2D eigenvalue weighted by molar-refractivity contribution is -0.124. The van der Waals surface area contributed by atoms with E-state index in [1.54, 1.807) is 18.2 Å². The number of methoxy groups -OCH3 is 1. The molecule has 1 aliphatic rings. The van der Waals surface area contributed by atoms with Crippen molar-refractivity contribution >= 4 is 12.2 Å². The van der Waals surface area contributed by atoms with Gasteiger partial charge >= 0.3 is 0 Å². The third-order valence-corrected chi connectivity index (χ3v) is 4.14. The van der Waals surface area contributed by atoms with Crippen molar-refractivity contribution in [2.75, 3.05) is 13.7 Å². The van der Waals surface area contributed by atoms with E-state index < -0.39 is 0 Å². The molecule has 1 aromatic carbocycles. The summed E-state index contributed by atoms with van der Waals surface area (Å²) in [5.74, 6) is 1.29. The smallest absolute Gasteiger partial charge is 0.258 e. The van der Waals surface area contributed by atoms with Gasteiger partial charge in [-0.3, -0.25) is 9.59 Å². The molecule has 0 aliphatic heterocycles. The van der Waals surface area contributed by atoms with E-state index in [9.17, 15) is 9.59 Å². The van der Waals surface area contributed by atoms with Gasteiger partial charge in [-0.2, -0.15) is 0 Å². The van der Waals surface area contributed by atoms with E-state index in [1.165, 1.54) is 13.5 Å². The van der Waals surface area contributed by atoms with E-state index >= 15 is 0 Å². The first-order chi connectivity index (χ1) is 10.6. The van der Waals surface area contributed by atoms with Crippen molar-refractivity contribution in [2.24, 2.45) is 5.92 Å². The molecule has 1 aliphatic carbocycles. The fourth-order valence-corrected chi connectivity index (χ4v) is 2.80. The summed E-state index contributed by atoms with van der Waals surface area (Å²) in [4.78, 5) is 22.8. The van der Waals surface area contributed by atoms with Crippen molar-refractivity contribution in [3.63, 3.8) is 0 Å². The number of carbonyl (C=O) groups excluding carboxylic acids is 2. The van der Waals surface area contributed by atoms with Gasteiger partial charge in [0.05, 0.1) is 7.11 Å². The lowest BCUT2D eigenvalue weighted by Crippen LogP contribution is -2.43. The van der Waals surface area contributed by atoms with E-state index in [1.807, 2.05) is 0 Å². The third kappa shape index (κ3) is 4.23. The molecule has 2 atom stereocenters. The van der Waals surface area contributed by atoms with Gasteiger partial charge in [0.15, 0.2) is 18.1 Å². The van der Waals surface area contributed by atoms with E-state index in [0.717, 1.165) is 25.5 Å². The van der Waals surface area contributed by atoms with Crippen LogP contribution in [-0.2, 0) is 4.79 Å². The van der Waals surface area contributed by atoms with Gasteiger partial charge in [0.1, 0.15) is 6.29 Å². The zero-order valence-corrected chi connectivity index (χ0v) is 13.1. The fourth-order valence-electron chi connectivity index (χ4n) is 2.80. The van der Waals surface area contributed by atoms with Crippen LogP contribution in [-0.4, -0.2) is 32.0 Å². The average molecular weight is 305 g/mol. The van der Waals surface area contributed by atoms with Crippen LogP contribution in [0.4, 0.5) is 0 Å². The van der Waals surface area contributed by atoms with Crippen molar-refractivity contribution in [3.05, 3.63) is 23.8 Å². The highest BCUT2D eigenvalue weighted by molar-refractivity contribution is 5.78. The van der Waals surface area contributed by atoms with Crippen LogP contribution in [0.25, 0.3) is 0 Å². The minimum atomic E-state index is -0.125. The Kier molecular flexibility index (Phi) is 5.81. The molecule has 1 saturated carbocycles. The van der Waals surface area contributed by atoms with E-state index in [2.05, 4.69) is 12.2 Å². The molecule has 1 N–H and O–H groups in total. The highest BCUT2D eigenvalue weighted by Gasteiger charge is 2.22. The van der Waals surface area contributed by atoms with Crippen LogP contribution in [0.5, 0.6) is 11.5 Å². The maximum atomic E-state index is 12.0. The summed E-state index contributed by atoms with van der Waals surface area (Å²) < 4.78 is 10.7. The first-order valence-electron chi connectivity index (χ1n) is 7.69. The minimum absolute atomic E-state index is 0.0555. The topological polar surface area (TPSA) is 64.6 Å². The van der Waals surface area contributed by atoms with Crippen molar-refractivity contribution in [1.82, 2.24) is 5.32 Å². The summed E-state index contributed by atoms with van der Waals surface area (Å²) in [6.45, 7) is 2.12. The molecule has 120 valence electrons. The molecular formula is C17H23NO4. The highest BCUT2D eigenvalue weighted by atomic mass is 16.5. The Morgan fingerprint density at radius 3 is 2.77 bits per heavy atom. The van der Waals surface area contributed by atoms with E-state index in [4.69, 9.17) is 9.47 Å². The maximum absolute atomic E-state index is 12.0. The summed E-state index contributed by atoms with van der Waals surface area (Å²) in [6, 6.07) is 5.10. The summed E-state index contributed by atoms with van der Waals surface area (Å²) in [7, 11) is 1.50. The number of hydrogen-bond acceptors (Lipinski definition) is 4. The lowest BCUT2D eigenvalue weighted by Gasteiger charge is -2.29. The third-order valence-electron chi connectivity index (χ3n) is 4.14. The molecule has 0 radical (unpaired) electrons. The Morgan fingerprint density at radius 2 is 2.09 bits per heavy atom. The second-order valence-electron chi connectivity index (χ2n) is 5.75. The molecule has 1 aromatic rings. The van der Waals surface area contributed by atoms with Gasteiger partial charge in [-0.1, -0.05) is 19.8 Å². The van der Waals surface area contributed by atoms with Gasteiger partial charge in [-0.15, -0.1) is 0 Å². The largest absolute Gasteiger partial charge is 0.493 e. The van der Waals surface area contributed by atoms with Crippen molar-refractivity contribution in [1.29, 1.82) is 0 Å². The monoisotopic (exact) mass is 305 g/mol. The molecule has 2 rings (SSSR count). The van der Waals surface area contributed by atoms with Crippen LogP contribution in [0.2, 0.25) is 0 Å². The fraction of sp³-hybridized carbons (Fsp3) is 0.529. The standard InChI is InChI=1S/C17H23NO4/c1-12-5-3-4-6-14(12)18-17(20)11-22-15-8-7-13(10-19)9-16(15)21-2/h7-10,12,14H,3-6,11H2,1-2H3,(H,18,20)/t12-,14+/m0/s1. The van der Waals surface area contributed by atoms with Crippen molar-refractivity contribution in [3.8, 4) is 11.5 Å². The molecule has 0 aromatic heterocycles. The summed E-state index contributed by atoms with van der Waals surface area (Å²) in [5, 5.41) is 3.04. The van der Waals surface area contributed by atoms with Crippen molar-refractivity contribution in [2.45, 2.75) is 38.6 Å². The normalized spacial score (nSPS) is 21.0. The Bertz CT molecular complexity index is 529. The van der Waals surface area contributed by atoms with Crippen LogP contribution in [0.15, 0.2) is 18.2 Å². The quantitative estimate of drug-likeness (QED) is 0.820. The second-order valence-corrected chi connectivity index (χ2v) is 5.75. The number of rotatable bonds is 6.